The lowest BCUT2D eigenvalue weighted by atomic mass is 9.82. The zero-order valence-corrected chi connectivity index (χ0v) is 52.8. The maximum absolute atomic E-state index is 2.34. The first-order valence-electron chi connectivity index (χ1n) is 29.9. The summed E-state index contributed by atoms with van der Waals surface area (Å²) in [5, 5.41) is 21.5. The SMILES string of the molecule is CC.CC.CC.CC.CC(C)(C)c1ccc2c(ccc3ccccc32)c1.CC(C)(C)c1ccc2ccc3ccccc3c2c1.CC(C)(C)c1cccc2c1ccc1ccccc12.CC(C)(C)c1cccc2ccc3ccccc3c12. The molecule has 12 aromatic rings. The van der Waals surface area contributed by atoms with E-state index in [-0.39, 0.29) is 21.7 Å². The quantitative estimate of drug-likeness (QED) is 0.133. The molecule has 0 unspecified atom stereocenters. The molecule has 0 bridgehead atoms. The first kappa shape index (κ1) is 63.6. The average molecular weight is 1060 g/mol. The van der Waals surface area contributed by atoms with Gasteiger partial charge in [0.2, 0.25) is 0 Å². The lowest BCUT2D eigenvalue weighted by Crippen LogP contribution is -2.11. The molecule has 12 rings (SSSR count). The third-order valence-corrected chi connectivity index (χ3v) is 14.4. The van der Waals surface area contributed by atoms with E-state index in [2.05, 4.69) is 301 Å². The molecule has 0 fully saturated rings. The third kappa shape index (κ3) is 15.1. The minimum Gasteiger partial charge on any atom is -0.0683 e. The summed E-state index contributed by atoms with van der Waals surface area (Å²) in [5.74, 6) is 0. The van der Waals surface area contributed by atoms with Crippen molar-refractivity contribution in [2.75, 3.05) is 0 Å². The number of hydrogen-bond acceptors (Lipinski definition) is 0. The zero-order chi connectivity index (χ0) is 59.0. The van der Waals surface area contributed by atoms with E-state index >= 15 is 0 Å². The summed E-state index contributed by atoms with van der Waals surface area (Å²) in [7, 11) is 0. The number of rotatable bonds is 0. The molecule has 0 atom stereocenters. The van der Waals surface area contributed by atoms with E-state index in [4.69, 9.17) is 0 Å². The minimum atomic E-state index is 0.170. The van der Waals surface area contributed by atoms with Gasteiger partial charge in [0, 0.05) is 0 Å². The van der Waals surface area contributed by atoms with Gasteiger partial charge in [0.05, 0.1) is 0 Å². The van der Waals surface area contributed by atoms with Crippen molar-refractivity contribution >= 4 is 86.2 Å². The fraction of sp³-hybridized carbons (Fsp3) is 0.300. The largest absolute Gasteiger partial charge is 0.0683 e. The molecule has 0 heteroatoms. The molecule has 0 aliphatic rings. The molecule has 0 N–H and O–H groups in total. The van der Waals surface area contributed by atoms with Crippen LogP contribution in [0.3, 0.4) is 0 Å². The summed E-state index contributed by atoms with van der Waals surface area (Å²) in [5.41, 5.74) is 6.40. The molecular weight excluding hydrogens is 961 g/mol. The molecule has 12 aromatic carbocycles. The molecule has 0 saturated heterocycles. The Bertz CT molecular complexity index is 3840. The average Bonchev–Trinajstić information content (AvgIpc) is 3.60. The van der Waals surface area contributed by atoms with Crippen LogP contribution in [0.2, 0.25) is 0 Å². The maximum atomic E-state index is 2.34. The van der Waals surface area contributed by atoms with Gasteiger partial charge in [0.25, 0.3) is 0 Å². The van der Waals surface area contributed by atoms with Crippen LogP contribution < -0.4 is 0 Å². The van der Waals surface area contributed by atoms with Crippen LogP contribution in [0.1, 0.15) is 161 Å². The smallest absolute Gasteiger partial charge is 0.00680 e. The predicted molar refractivity (Wildman–Crippen MR) is 366 cm³/mol. The molecule has 0 saturated carbocycles. The fourth-order valence-electron chi connectivity index (χ4n) is 10.3. The highest BCUT2D eigenvalue weighted by molar-refractivity contribution is 6.11. The second-order valence-corrected chi connectivity index (χ2v) is 23.8. The van der Waals surface area contributed by atoms with Crippen LogP contribution >= 0.6 is 0 Å². The van der Waals surface area contributed by atoms with Gasteiger partial charge < -0.3 is 0 Å². The van der Waals surface area contributed by atoms with Crippen molar-refractivity contribution in [3.63, 3.8) is 0 Å². The van der Waals surface area contributed by atoms with E-state index < -0.39 is 0 Å². The van der Waals surface area contributed by atoms with Crippen molar-refractivity contribution in [1.29, 1.82) is 0 Å². The molecule has 0 nitrogen and oxygen atoms in total. The van der Waals surface area contributed by atoms with Gasteiger partial charge >= 0.3 is 0 Å². The van der Waals surface area contributed by atoms with Crippen molar-refractivity contribution in [1.82, 2.24) is 0 Å². The summed E-state index contributed by atoms with van der Waals surface area (Å²) in [6.45, 7) is 43.2. The van der Waals surface area contributed by atoms with Crippen LogP contribution in [0.4, 0.5) is 0 Å². The van der Waals surface area contributed by atoms with E-state index in [0.29, 0.717) is 0 Å². The van der Waals surface area contributed by atoms with Gasteiger partial charge in [0.1, 0.15) is 0 Å². The molecule has 80 heavy (non-hydrogen) atoms. The Morgan fingerprint density at radius 1 is 0.188 bits per heavy atom. The van der Waals surface area contributed by atoms with Gasteiger partial charge in [-0.2, -0.15) is 0 Å². The van der Waals surface area contributed by atoms with Crippen LogP contribution in [0.25, 0.3) is 86.2 Å². The number of benzene rings is 12. The molecule has 0 heterocycles. The van der Waals surface area contributed by atoms with E-state index in [9.17, 15) is 0 Å². The van der Waals surface area contributed by atoms with E-state index in [1.54, 1.807) is 0 Å². The van der Waals surface area contributed by atoms with Crippen LogP contribution in [0.15, 0.2) is 218 Å². The highest BCUT2D eigenvalue weighted by Gasteiger charge is 2.20. The molecular formula is C80H96. The highest BCUT2D eigenvalue weighted by Crippen LogP contribution is 2.37. The number of hydrogen-bond donors (Lipinski definition) is 0. The summed E-state index contributed by atoms with van der Waals surface area (Å²) in [6.07, 6.45) is 0. The van der Waals surface area contributed by atoms with E-state index in [1.807, 2.05) is 55.4 Å². The molecule has 0 aliphatic heterocycles. The number of fused-ring (bicyclic) bond motifs is 12. The second-order valence-electron chi connectivity index (χ2n) is 23.8. The van der Waals surface area contributed by atoms with E-state index in [1.165, 1.54) is 108 Å². The standard InChI is InChI=1S/4C18H18.4C2H6/c1-18(2,3)16-10-6-8-14-12-11-13-7-4-5-9-15(13)17(14)16;1-18(2,3)17-10-6-9-15-14-8-5-4-7-13(14)11-12-16(15)17;1-18(2,3)15-10-11-17-14(12-15)9-8-13-6-4-5-7-16(13)17;1-18(2,3)15-11-10-14-9-8-13-6-4-5-7-16(13)17(14)12-15;4*1-2/h4*4-12H,1-3H3;4*1-2H3. The Balaban J connectivity index is 0.000000188. The Morgan fingerprint density at radius 2 is 0.487 bits per heavy atom. The first-order chi connectivity index (χ1) is 38.3. The summed E-state index contributed by atoms with van der Waals surface area (Å²) in [6, 6.07) is 79.2. The Labute approximate surface area is 484 Å². The summed E-state index contributed by atoms with van der Waals surface area (Å²) >= 11 is 0. The second kappa shape index (κ2) is 28.2. The van der Waals surface area contributed by atoms with Crippen LogP contribution in [-0.4, -0.2) is 0 Å². The lowest BCUT2D eigenvalue weighted by molar-refractivity contribution is 0.591. The molecule has 0 spiro atoms. The van der Waals surface area contributed by atoms with Gasteiger partial charge in [-0.15, -0.1) is 0 Å². The van der Waals surface area contributed by atoms with Gasteiger partial charge in [-0.05, 0) is 130 Å². The normalized spacial score (nSPS) is 11.2. The minimum absolute atomic E-state index is 0.170. The highest BCUT2D eigenvalue weighted by atomic mass is 14.2. The van der Waals surface area contributed by atoms with Crippen LogP contribution in [0.5, 0.6) is 0 Å². The van der Waals surface area contributed by atoms with Crippen molar-refractivity contribution in [3.8, 4) is 0 Å². The van der Waals surface area contributed by atoms with E-state index in [0.717, 1.165) is 0 Å². The molecule has 416 valence electrons. The topological polar surface area (TPSA) is 0 Å². The Kier molecular flexibility index (Phi) is 22.4. The molecule has 0 radical (unpaired) electrons. The van der Waals surface area contributed by atoms with Crippen molar-refractivity contribution in [2.24, 2.45) is 0 Å². The van der Waals surface area contributed by atoms with Gasteiger partial charge in [-0.25, -0.2) is 0 Å². The molecule has 0 aliphatic carbocycles. The monoisotopic (exact) mass is 1060 g/mol. The zero-order valence-electron chi connectivity index (χ0n) is 52.8. The molecule has 0 aromatic heterocycles. The third-order valence-electron chi connectivity index (χ3n) is 14.4. The summed E-state index contributed by atoms with van der Waals surface area (Å²) in [4.78, 5) is 0. The van der Waals surface area contributed by atoms with Crippen LogP contribution in [0, 0.1) is 0 Å². The Morgan fingerprint density at radius 3 is 0.988 bits per heavy atom. The van der Waals surface area contributed by atoms with Crippen LogP contribution in [-0.2, 0) is 21.7 Å². The lowest BCUT2D eigenvalue weighted by Gasteiger charge is -2.22. The van der Waals surface area contributed by atoms with Gasteiger partial charge in [-0.1, -0.05) is 357 Å². The first-order valence-corrected chi connectivity index (χ1v) is 29.9. The van der Waals surface area contributed by atoms with Gasteiger partial charge in [-0.3, -0.25) is 0 Å². The summed E-state index contributed by atoms with van der Waals surface area (Å²) < 4.78 is 0. The molecule has 0 amide bonds. The van der Waals surface area contributed by atoms with Crippen molar-refractivity contribution < 1.29 is 0 Å². The fourth-order valence-corrected chi connectivity index (χ4v) is 10.3. The predicted octanol–water partition coefficient (Wildman–Crippen LogP) is 25.3. The van der Waals surface area contributed by atoms with Gasteiger partial charge in [0.15, 0.2) is 0 Å². The maximum Gasteiger partial charge on any atom is -0.00680 e. The van der Waals surface area contributed by atoms with Crippen molar-refractivity contribution in [3.05, 3.63) is 241 Å². The van der Waals surface area contributed by atoms with Crippen molar-refractivity contribution in [2.45, 2.75) is 160 Å². The Hall–Kier alpha value is -7.28.